The summed E-state index contributed by atoms with van der Waals surface area (Å²) < 4.78 is 2.61. The van der Waals surface area contributed by atoms with Crippen molar-refractivity contribution in [1.82, 2.24) is 9.97 Å². The summed E-state index contributed by atoms with van der Waals surface area (Å²) in [4.78, 5) is 10.4. The Balaban J connectivity index is 1.24. The van der Waals surface area contributed by atoms with E-state index in [1.807, 2.05) is 35.6 Å². The summed E-state index contributed by atoms with van der Waals surface area (Å²) in [5, 5.41) is 5.10. The van der Waals surface area contributed by atoms with Crippen LogP contribution in [0, 0.1) is 0 Å². The molecule has 0 radical (unpaired) electrons. The van der Waals surface area contributed by atoms with Gasteiger partial charge in [0.25, 0.3) is 0 Å². The van der Waals surface area contributed by atoms with E-state index in [1.54, 1.807) is 0 Å². The second-order valence-corrected chi connectivity index (χ2v) is 14.4. The van der Waals surface area contributed by atoms with Crippen molar-refractivity contribution >= 4 is 42.3 Å². The first-order chi connectivity index (χ1) is 26.2. The van der Waals surface area contributed by atoms with Gasteiger partial charge in [0.1, 0.15) is 0 Å². The Morgan fingerprint density at radius 2 is 0.849 bits per heavy atom. The first-order valence-corrected chi connectivity index (χ1v) is 18.7. The van der Waals surface area contributed by atoms with Crippen LogP contribution in [0.1, 0.15) is 0 Å². The molecule has 3 heteroatoms. The summed E-state index contributed by atoms with van der Waals surface area (Å²) >= 11 is 1.88. The van der Waals surface area contributed by atoms with Crippen molar-refractivity contribution in [1.29, 1.82) is 0 Å². The maximum absolute atomic E-state index is 5.27. The fraction of sp³-hybridized carbons (Fsp3) is 0. The number of fused-ring (bicyclic) bond motifs is 5. The SMILES string of the molecule is c1ccc(-c2ccc(-c3cc(-c4cc(-c5ccccc5)nc(-c5ccccc5)n4)cc(-c4cc5ccccc5c5sc6ccccc6c45)c3)cc2)cc1. The summed E-state index contributed by atoms with van der Waals surface area (Å²) in [5.74, 6) is 0.707. The highest BCUT2D eigenvalue weighted by molar-refractivity contribution is 7.26. The molecule has 2 aromatic heterocycles. The van der Waals surface area contributed by atoms with Gasteiger partial charge in [0.2, 0.25) is 0 Å². The zero-order chi connectivity index (χ0) is 35.1. The van der Waals surface area contributed by atoms with Crippen molar-refractivity contribution in [3.63, 3.8) is 0 Å². The minimum atomic E-state index is 0.707. The number of aromatic nitrogens is 2. The largest absolute Gasteiger partial charge is 0.228 e. The summed E-state index contributed by atoms with van der Waals surface area (Å²) in [6.45, 7) is 0. The van der Waals surface area contributed by atoms with Crippen molar-refractivity contribution in [2.75, 3.05) is 0 Å². The van der Waals surface area contributed by atoms with Crippen molar-refractivity contribution in [2.24, 2.45) is 0 Å². The van der Waals surface area contributed by atoms with Gasteiger partial charge in [0.15, 0.2) is 5.82 Å². The molecule has 10 aromatic rings. The van der Waals surface area contributed by atoms with Gasteiger partial charge in [-0.15, -0.1) is 11.3 Å². The van der Waals surface area contributed by atoms with E-state index < -0.39 is 0 Å². The minimum absolute atomic E-state index is 0.707. The summed E-state index contributed by atoms with van der Waals surface area (Å²) in [6, 6.07) is 69.2. The fourth-order valence-corrected chi connectivity index (χ4v) is 8.70. The third kappa shape index (κ3) is 5.78. The molecule has 0 amide bonds. The molecule has 53 heavy (non-hydrogen) atoms. The molecule has 0 fully saturated rings. The predicted octanol–water partition coefficient (Wildman–Crippen LogP) is 14.0. The van der Waals surface area contributed by atoms with Gasteiger partial charge in [-0.1, -0.05) is 158 Å². The highest BCUT2D eigenvalue weighted by Gasteiger charge is 2.18. The normalized spacial score (nSPS) is 11.4. The van der Waals surface area contributed by atoms with E-state index in [0.717, 1.165) is 44.8 Å². The quantitative estimate of drug-likeness (QED) is 0.173. The van der Waals surface area contributed by atoms with Gasteiger partial charge in [0.05, 0.1) is 11.4 Å². The van der Waals surface area contributed by atoms with Gasteiger partial charge in [0, 0.05) is 36.9 Å². The van der Waals surface area contributed by atoms with E-state index >= 15 is 0 Å². The predicted molar refractivity (Wildman–Crippen MR) is 225 cm³/mol. The molecule has 0 N–H and O–H groups in total. The smallest absolute Gasteiger partial charge is 0.160 e. The lowest BCUT2D eigenvalue weighted by Crippen LogP contribution is -1.96. The Morgan fingerprint density at radius 1 is 0.340 bits per heavy atom. The highest BCUT2D eigenvalue weighted by atomic mass is 32.1. The Labute approximate surface area is 312 Å². The van der Waals surface area contributed by atoms with E-state index in [1.165, 1.54) is 47.6 Å². The van der Waals surface area contributed by atoms with Gasteiger partial charge in [-0.3, -0.25) is 0 Å². The van der Waals surface area contributed by atoms with E-state index in [-0.39, 0.29) is 0 Å². The van der Waals surface area contributed by atoms with Crippen molar-refractivity contribution < 1.29 is 0 Å². The number of hydrogen-bond acceptors (Lipinski definition) is 3. The molecule has 0 bridgehead atoms. The van der Waals surface area contributed by atoms with Crippen LogP contribution in [0.15, 0.2) is 194 Å². The molecule has 0 aliphatic rings. The molecule has 0 atom stereocenters. The number of nitrogens with zero attached hydrogens (tertiary/aromatic N) is 2. The van der Waals surface area contributed by atoms with Crippen molar-refractivity contribution in [3.05, 3.63) is 194 Å². The molecule has 0 saturated heterocycles. The molecule has 2 nitrogen and oxygen atoms in total. The minimum Gasteiger partial charge on any atom is -0.228 e. The number of thiophene rings is 1. The lowest BCUT2D eigenvalue weighted by molar-refractivity contribution is 1.18. The third-order valence-electron chi connectivity index (χ3n) is 10.1. The lowest BCUT2D eigenvalue weighted by atomic mass is 9.90. The van der Waals surface area contributed by atoms with Gasteiger partial charge < -0.3 is 0 Å². The molecule has 0 aliphatic heterocycles. The molecular formula is C50H32N2S. The maximum atomic E-state index is 5.27. The second kappa shape index (κ2) is 13.1. The van der Waals surface area contributed by atoms with Crippen LogP contribution >= 0.6 is 11.3 Å². The molecule has 8 aromatic carbocycles. The first kappa shape index (κ1) is 31.1. The van der Waals surface area contributed by atoms with E-state index in [0.29, 0.717) is 5.82 Å². The zero-order valence-electron chi connectivity index (χ0n) is 28.8. The molecule has 0 saturated carbocycles. The first-order valence-electron chi connectivity index (χ1n) is 17.9. The van der Waals surface area contributed by atoms with E-state index in [9.17, 15) is 0 Å². The van der Waals surface area contributed by atoms with Crippen LogP contribution in [-0.4, -0.2) is 9.97 Å². The molecule has 2 heterocycles. The lowest BCUT2D eigenvalue weighted by Gasteiger charge is -2.15. The van der Waals surface area contributed by atoms with Crippen molar-refractivity contribution in [2.45, 2.75) is 0 Å². The van der Waals surface area contributed by atoms with Crippen LogP contribution in [0.4, 0.5) is 0 Å². The van der Waals surface area contributed by atoms with Gasteiger partial charge in [-0.25, -0.2) is 9.97 Å². The van der Waals surface area contributed by atoms with Gasteiger partial charge >= 0.3 is 0 Å². The topological polar surface area (TPSA) is 25.8 Å². The maximum Gasteiger partial charge on any atom is 0.160 e. The number of hydrogen-bond donors (Lipinski definition) is 0. The van der Waals surface area contributed by atoms with Crippen LogP contribution in [0.3, 0.4) is 0 Å². The monoisotopic (exact) mass is 692 g/mol. The van der Waals surface area contributed by atoms with E-state index in [4.69, 9.17) is 9.97 Å². The Bertz CT molecular complexity index is 2860. The number of rotatable bonds is 6. The molecule has 248 valence electrons. The highest BCUT2D eigenvalue weighted by Crippen LogP contribution is 2.45. The summed E-state index contributed by atoms with van der Waals surface area (Å²) in [6.07, 6.45) is 0. The van der Waals surface area contributed by atoms with Crippen LogP contribution in [0.5, 0.6) is 0 Å². The Hall–Kier alpha value is -6.68. The molecule has 0 spiro atoms. The molecular weight excluding hydrogens is 661 g/mol. The van der Waals surface area contributed by atoms with Crippen LogP contribution in [0.25, 0.3) is 98.2 Å². The van der Waals surface area contributed by atoms with Crippen molar-refractivity contribution in [3.8, 4) is 67.3 Å². The molecule has 10 rings (SSSR count). The Morgan fingerprint density at radius 3 is 1.57 bits per heavy atom. The van der Waals surface area contributed by atoms with E-state index in [2.05, 4.69) is 170 Å². The van der Waals surface area contributed by atoms with Gasteiger partial charge in [-0.05, 0) is 80.6 Å². The van der Waals surface area contributed by atoms with Crippen LogP contribution < -0.4 is 0 Å². The fourth-order valence-electron chi connectivity index (χ4n) is 7.44. The zero-order valence-corrected chi connectivity index (χ0v) is 29.6. The summed E-state index contributed by atoms with van der Waals surface area (Å²) in [5.41, 5.74) is 11.9. The average Bonchev–Trinajstić information content (AvgIpc) is 3.64. The third-order valence-corrected chi connectivity index (χ3v) is 11.3. The molecule has 0 aliphatic carbocycles. The number of benzene rings is 8. The van der Waals surface area contributed by atoms with Crippen LogP contribution in [-0.2, 0) is 0 Å². The van der Waals surface area contributed by atoms with Gasteiger partial charge in [-0.2, -0.15) is 0 Å². The standard InChI is InChI=1S/C50H32N2S/c1-4-14-33(15-5-1)34-24-26-35(27-25-34)39-28-40(44-31-38-20-10-11-21-42(38)49-48(44)43-22-12-13-23-47(43)53-49)30-41(29-39)46-32-45(36-16-6-2-7-17-36)51-50(52-46)37-18-8-3-9-19-37/h1-32H. The Kier molecular flexibility index (Phi) is 7.71. The average molecular weight is 693 g/mol. The second-order valence-electron chi connectivity index (χ2n) is 13.4. The molecule has 0 unspecified atom stereocenters. The van der Waals surface area contributed by atoms with Crippen LogP contribution in [0.2, 0.25) is 0 Å². The summed E-state index contributed by atoms with van der Waals surface area (Å²) in [7, 11) is 0.